The molecule has 0 saturated carbocycles. The minimum Gasteiger partial charge on any atom is -0.354 e. The van der Waals surface area contributed by atoms with Crippen molar-refractivity contribution in [1.82, 2.24) is 14.9 Å². The van der Waals surface area contributed by atoms with Crippen LogP contribution in [-0.2, 0) is 16.1 Å². The molecule has 29 heavy (non-hydrogen) atoms. The van der Waals surface area contributed by atoms with Gasteiger partial charge in [0.1, 0.15) is 5.82 Å². The molecule has 1 aliphatic rings. The number of carbonyl (C=O) groups excluding carboxylic acids is 2. The Morgan fingerprint density at radius 2 is 2.07 bits per heavy atom. The second-order valence-electron chi connectivity index (χ2n) is 7.20. The van der Waals surface area contributed by atoms with Crippen molar-refractivity contribution in [2.45, 2.75) is 24.8 Å². The van der Waals surface area contributed by atoms with Gasteiger partial charge in [0.15, 0.2) is 0 Å². The first-order valence-electron chi connectivity index (χ1n) is 9.71. The van der Waals surface area contributed by atoms with Gasteiger partial charge in [0.05, 0.1) is 17.0 Å². The molecule has 1 unspecified atom stereocenters. The summed E-state index contributed by atoms with van der Waals surface area (Å²) < 4.78 is 2.11. The zero-order valence-electron chi connectivity index (χ0n) is 16.6. The number of benzene rings is 2. The highest BCUT2D eigenvalue weighted by atomic mass is 32.2. The molecule has 2 aromatic carbocycles. The Balaban J connectivity index is 1.36. The maximum Gasteiger partial charge on any atom is 0.227 e. The van der Waals surface area contributed by atoms with Crippen LogP contribution in [0.25, 0.3) is 11.0 Å². The average Bonchev–Trinajstić information content (AvgIpc) is 3.28. The predicted octanol–water partition coefficient (Wildman–Crippen LogP) is 3.24. The molecule has 0 radical (unpaired) electrons. The van der Waals surface area contributed by atoms with Gasteiger partial charge in [-0.3, -0.25) is 9.59 Å². The lowest BCUT2D eigenvalue weighted by molar-refractivity contribution is -0.126. The van der Waals surface area contributed by atoms with Gasteiger partial charge in [-0.2, -0.15) is 0 Å². The third kappa shape index (κ3) is 4.00. The molecule has 1 aromatic heterocycles. The van der Waals surface area contributed by atoms with Gasteiger partial charge in [0.2, 0.25) is 11.8 Å². The minimum absolute atomic E-state index is 0.000138. The van der Waals surface area contributed by atoms with E-state index in [-0.39, 0.29) is 24.2 Å². The summed E-state index contributed by atoms with van der Waals surface area (Å²) in [4.78, 5) is 32.5. The highest BCUT2D eigenvalue weighted by Crippen LogP contribution is 2.28. The highest BCUT2D eigenvalue weighted by molar-refractivity contribution is 7.98. The number of fused-ring (bicyclic) bond motifs is 1. The normalized spacial score (nSPS) is 16.6. The summed E-state index contributed by atoms with van der Waals surface area (Å²) in [6.07, 6.45) is 2.26. The van der Waals surface area contributed by atoms with Crippen LogP contribution in [0.1, 0.15) is 12.2 Å². The molecule has 0 bridgehead atoms. The molecule has 3 aromatic rings. The van der Waals surface area contributed by atoms with Gasteiger partial charge < -0.3 is 14.8 Å². The number of hydrogen-bond donors (Lipinski definition) is 1. The van der Waals surface area contributed by atoms with Crippen LogP contribution in [0.15, 0.2) is 53.4 Å². The van der Waals surface area contributed by atoms with E-state index in [9.17, 15) is 9.59 Å². The molecule has 1 aliphatic heterocycles. The quantitative estimate of drug-likeness (QED) is 0.636. The molecule has 1 atom stereocenters. The van der Waals surface area contributed by atoms with Crippen molar-refractivity contribution in [3.8, 4) is 0 Å². The molecular formula is C22H24N4O2S. The van der Waals surface area contributed by atoms with E-state index in [1.54, 1.807) is 16.7 Å². The number of rotatable bonds is 6. The fourth-order valence-corrected chi connectivity index (χ4v) is 4.28. The predicted molar refractivity (Wildman–Crippen MR) is 116 cm³/mol. The van der Waals surface area contributed by atoms with E-state index >= 15 is 0 Å². The summed E-state index contributed by atoms with van der Waals surface area (Å²) in [6, 6.07) is 15.9. The van der Waals surface area contributed by atoms with Crippen LogP contribution < -0.4 is 10.2 Å². The van der Waals surface area contributed by atoms with E-state index in [0.29, 0.717) is 19.6 Å². The topological polar surface area (TPSA) is 67.2 Å². The van der Waals surface area contributed by atoms with Crippen LogP contribution in [0.5, 0.6) is 0 Å². The van der Waals surface area contributed by atoms with E-state index < -0.39 is 0 Å². The van der Waals surface area contributed by atoms with Crippen molar-refractivity contribution in [3.63, 3.8) is 0 Å². The summed E-state index contributed by atoms with van der Waals surface area (Å²) in [5, 5.41) is 3.00. The zero-order valence-corrected chi connectivity index (χ0v) is 17.4. The van der Waals surface area contributed by atoms with E-state index in [1.165, 1.54) is 0 Å². The zero-order chi connectivity index (χ0) is 20.4. The average molecular weight is 409 g/mol. The first-order chi connectivity index (χ1) is 14.1. The fourth-order valence-electron chi connectivity index (χ4n) is 3.82. The Labute approximate surface area is 174 Å². The van der Waals surface area contributed by atoms with Crippen molar-refractivity contribution >= 4 is 40.3 Å². The monoisotopic (exact) mass is 408 g/mol. The largest absolute Gasteiger partial charge is 0.354 e. The van der Waals surface area contributed by atoms with Crippen LogP contribution >= 0.6 is 11.8 Å². The van der Waals surface area contributed by atoms with Gasteiger partial charge >= 0.3 is 0 Å². The second-order valence-corrected chi connectivity index (χ2v) is 8.08. The van der Waals surface area contributed by atoms with Crippen molar-refractivity contribution in [1.29, 1.82) is 0 Å². The van der Waals surface area contributed by atoms with E-state index in [1.807, 2.05) is 61.7 Å². The Kier molecular flexibility index (Phi) is 5.58. The van der Waals surface area contributed by atoms with Crippen molar-refractivity contribution in [2.24, 2.45) is 5.92 Å². The van der Waals surface area contributed by atoms with Crippen LogP contribution in [0.4, 0.5) is 5.69 Å². The van der Waals surface area contributed by atoms with E-state index in [4.69, 9.17) is 0 Å². The lowest BCUT2D eigenvalue weighted by Crippen LogP contribution is -2.34. The number of nitrogens with zero attached hydrogens (tertiary/aromatic N) is 3. The molecule has 2 heterocycles. The lowest BCUT2D eigenvalue weighted by atomic mass is 10.1. The number of imidazole rings is 1. The van der Waals surface area contributed by atoms with Crippen LogP contribution in [-0.4, -0.2) is 40.7 Å². The molecule has 0 aliphatic carbocycles. The molecule has 6 nitrogen and oxygen atoms in total. The maximum atomic E-state index is 12.6. The number of carbonyl (C=O) groups is 2. The summed E-state index contributed by atoms with van der Waals surface area (Å²) in [5.74, 6) is 0.543. The number of amides is 2. The summed E-state index contributed by atoms with van der Waals surface area (Å²) in [6.45, 7) is 3.55. The van der Waals surface area contributed by atoms with Gasteiger partial charge in [-0.1, -0.05) is 18.2 Å². The molecular weight excluding hydrogens is 384 g/mol. The SMILES string of the molecule is CSc1cccc(N2CC(C(=O)NCCn3c(C)nc4ccccc43)CC2=O)c1. The van der Waals surface area contributed by atoms with Crippen LogP contribution in [0, 0.1) is 12.8 Å². The Bertz CT molecular complexity index is 1060. The number of hydrogen-bond acceptors (Lipinski definition) is 4. The highest BCUT2D eigenvalue weighted by Gasteiger charge is 2.35. The Morgan fingerprint density at radius 1 is 1.24 bits per heavy atom. The summed E-state index contributed by atoms with van der Waals surface area (Å²) in [5.41, 5.74) is 2.88. The van der Waals surface area contributed by atoms with Gasteiger partial charge in [0, 0.05) is 36.6 Å². The first-order valence-corrected chi connectivity index (χ1v) is 10.9. The molecule has 1 saturated heterocycles. The Hall–Kier alpha value is -2.80. The molecule has 1 fully saturated rings. The number of nitrogens with one attached hydrogen (secondary N) is 1. The summed E-state index contributed by atoms with van der Waals surface area (Å²) >= 11 is 1.64. The molecule has 1 N–H and O–H groups in total. The third-order valence-corrected chi connectivity index (χ3v) is 6.07. The Morgan fingerprint density at radius 3 is 2.90 bits per heavy atom. The van der Waals surface area contributed by atoms with Gasteiger partial charge in [-0.05, 0) is 43.5 Å². The number of aryl methyl sites for hydroxylation is 1. The van der Waals surface area contributed by atoms with Crippen molar-refractivity contribution < 1.29 is 9.59 Å². The summed E-state index contributed by atoms with van der Waals surface area (Å²) in [7, 11) is 0. The minimum atomic E-state index is -0.318. The standard InChI is InChI=1S/C22H24N4O2S/c1-15-24-19-8-3-4-9-20(19)25(15)11-10-23-22(28)16-12-21(27)26(14-16)17-6-5-7-18(13-17)29-2/h3-9,13,16H,10-12,14H2,1-2H3,(H,23,28). The molecule has 4 rings (SSSR count). The third-order valence-electron chi connectivity index (χ3n) is 5.34. The van der Waals surface area contributed by atoms with Crippen molar-refractivity contribution in [2.75, 3.05) is 24.2 Å². The molecule has 2 amide bonds. The van der Waals surface area contributed by atoms with Gasteiger partial charge in [0.25, 0.3) is 0 Å². The van der Waals surface area contributed by atoms with E-state index in [2.05, 4.69) is 14.9 Å². The maximum absolute atomic E-state index is 12.6. The number of anilines is 1. The van der Waals surface area contributed by atoms with Gasteiger partial charge in [-0.15, -0.1) is 11.8 Å². The fraction of sp³-hybridized carbons (Fsp3) is 0.318. The van der Waals surface area contributed by atoms with Gasteiger partial charge in [-0.25, -0.2) is 4.98 Å². The van der Waals surface area contributed by atoms with E-state index in [0.717, 1.165) is 27.4 Å². The van der Waals surface area contributed by atoms with Crippen LogP contribution in [0.2, 0.25) is 0 Å². The lowest BCUT2D eigenvalue weighted by Gasteiger charge is -2.17. The number of para-hydroxylation sites is 2. The second kappa shape index (κ2) is 8.29. The number of thioether (sulfide) groups is 1. The number of aromatic nitrogens is 2. The smallest absolute Gasteiger partial charge is 0.227 e. The van der Waals surface area contributed by atoms with Crippen molar-refractivity contribution in [3.05, 3.63) is 54.4 Å². The first kappa shape index (κ1) is 19.5. The molecule has 7 heteroatoms. The molecule has 0 spiro atoms. The molecule has 150 valence electrons. The van der Waals surface area contributed by atoms with Crippen LogP contribution in [0.3, 0.4) is 0 Å².